The number of nitrogens with two attached hydrogens (primary N) is 1. The van der Waals surface area contributed by atoms with Crippen LogP contribution >= 0.6 is 0 Å². The number of methoxy groups -OCH3 is 1. The van der Waals surface area contributed by atoms with E-state index in [1.807, 2.05) is 13.8 Å². The number of carbonyl (C=O) groups is 2. The second-order valence-corrected chi connectivity index (χ2v) is 11.8. The number of benzene rings is 2. The summed E-state index contributed by atoms with van der Waals surface area (Å²) < 4.78 is 82.7. The van der Waals surface area contributed by atoms with E-state index in [1.54, 1.807) is 0 Å². The van der Waals surface area contributed by atoms with E-state index in [2.05, 4.69) is 4.74 Å². The summed E-state index contributed by atoms with van der Waals surface area (Å²) in [5, 5.41) is 0. The van der Waals surface area contributed by atoms with Gasteiger partial charge in [-0.3, -0.25) is 9.59 Å². The summed E-state index contributed by atoms with van der Waals surface area (Å²) in [6, 6.07) is 12.1. The standard InChI is InChI=1S/C29H34F3N3O7S/c1-19(2)41-14-6-13-34(43(38,39)24-11-9-22(40-4)10-12-24)18-27(36)26-16-25(28(33)37)20(3)35(26)17-21-7-5-8-23(15-21)42-29(30,31)32/h5,7-12,15-16,19H,6,13-14,17-18H2,1-4H3,(H2,33,37). The number of halogens is 3. The number of aromatic nitrogens is 1. The molecule has 0 saturated carbocycles. The SMILES string of the molecule is COc1ccc(S(=O)(=O)N(CCCOC(C)C)CC(=O)c2cc(C(N)=O)c(C)n2Cc2cccc(OC(F)(F)F)c2)cc1. The van der Waals surface area contributed by atoms with Crippen LogP contribution in [0.5, 0.6) is 11.5 Å². The van der Waals surface area contributed by atoms with Crippen LogP contribution in [0.2, 0.25) is 0 Å². The van der Waals surface area contributed by atoms with E-state index in [9.17, 15) is 31.2 Å². The Morgan fingerprint density at radius 2 is 1.72 bits per heavy atom. The van der Waals surface area contributed by atoms with E-state index < -0.39 is 40.4 Å². The summed E-state index contributed by atoms with van der Waals surface area (Å²) in [5.41, 5.74) is 6.11. The van der Waals surface area contributed by atoms with Crippen LogP contribution in [-0.2, 0) is 21.3 Å². The van der Waals surface area contributed by atoms with Crippen molar-refractivity contribution in [3.05, 3.63) is 77.1 Å². The summed E-state index contributed by atoms with van der Waals surface area (Å²) in [6.45, 7) is 4.70. The fraction of sp³-hybridized carbons (Fsp3) is 0.379. The van der Waals surface area contributed by atoms with Crippen LogP contribution in [0.1, 0.15) is 52.4 Å². The van der Waals surface area contributed by atoms with Crippen molar-refractivity contribution in [1.29, 1.82) is 0 Å². The summed E-state index contributed by atoms with van der Waals surface area (Å²) in [4.78, 5) is 25.8. The first kappa shape index (κ1) is 33.6. The van der Waals surface area contributed by atoms with E-state index in [-0.39, 0.29) is 47.6 Å². The van der Waals surface area contributed by atoms with E-state index in [0.717, 1.165) is 16.4 Å². The quantitative estimate of drug-likeness (QED) is 0.194. The molecule has 0 aliphatic rings. The Morgan fingerprint density at radius 3 is 2.30 bits per heavy atom. The Hall–Kier alpha value is -3.88. The molecule has 234 valence electrons. The number of carbonyl (C=O) groups excluding carboxylic acids is 2. The summed E-state index contributed by atoms with van der Waals surface area (Å²) in [7, 11) is -2.72. The van der Waals surface area contributed by atoms with Crippen LogP contribution in [0.4, 0.5) is 13.2 Å². The highest BCUT2D eigenvalue weighted by molar-refractivity contribution is 7.89. The molecule has 0 aliphatic heterocycles. The Kier molecular flexibility index (Phi) is 11.0. The Morgan fingerprint density at radius 1 is 1.05 bits per heavy atom. The van der Waals surface area contributed by atoms with Gasteiger partial charge in [0.2, 0.25) is 10.0 Å². The van der Waals surface area contributed by atoms with Crippen molar-refractivity contribution in [1.82, 2.24) is 8.87 Å². The van der Waals surface area contributed by atoms with Gasteiger partial charge in [0.1, 0.15) is 11.5 Å². The average Bonchev–Trinajstić information content (AvgIpc) is 3.25. The fourth-order valence-electron chi connectivity index (χ4n) is 4.33. The number of primary amides is 1. The molecule has 2 aromatic carbocycles. The first-order valence-corrected chi connectivity index (χ1v) is 14.7. The largest absolute Gasteiger partial charge is 0.573 e. The third-order valence-corrected chi connectivity index (χ3v) is 8.27. The van der Waals surface area contributed by atoms with Crippen molar-refractivity contribution in [3.8, 4) is 11.5 Å². The molecular formula is C29H34F3N3O7S. The van der Waals surface area contributed by atoms with Gasteiger partial charge < -0.3 is 24.5 Å². The van der Waals surface area contributed by atoms with E-state index in [0.29, 0.717) is 17.7 Å². The van der Waals surface area contributed by atoms with Gasteiger partial charge in [-0.25, -0.2) is 8.42 Å². The lowest BCUT2D eigenvalue weighted by atomic mass is 10.2. The second kappa shape index (κ2) is 14.1. The van der Waals surface area contributed by atoms with Gasteiger partial charge in [0.15, 0.2) is 5.78 Å². The van der Waals surface area contributed by atoms with Gasteiger partial charge in [-0.15, -0.1) is 13.2 Å². The molecule has 0 radical (unpaired) electrons. The normalized spacial score (nSPS) is 12.1. The van der Waals surface area contributed by atoms with Crippen LogP contribution in [0, 0.1) is 6.92 Å². The lowest BCUT2D eigenvalue weighted by Crippen LogP contribution is -2.37. The van der Waals surface area contributed by atoms with Crippen LogP contribution in [0.15, 0.2) is 59.5 Å². The number of Topliss-reactive ketones (excluding diaryl/α,β-unsaturated/α-hetero) is 1. The second-order valence-electron chi connectivity index (χ2n) is 9.88. The van der Waals surface area contributed by atoms with Crippen LogP contribution < -0.4 is 15.2 Å². The van der Waals surface area contributed by atoms with Gasteiger partial charge in [0, 0.05) is 25.4 Å². The van der Waals surface area contributed by atoms with Gasteiger partial charge in [-0.05, 0) is 75.2 Å². The number of hydrogen-bond acceptors (Lipinski definition) is 7. The average molecular weight is 626 g/mol. The lowest BCUT2D eigenvalue weighted by Gasteiger charge is -2.22. The third kappa shape index (κ3) is 9.05. The Labute approximate surface area is 248 Å². The van der Waals surface area contributed by atoms with Crippen LogP contribution in [0.25, 0.3) is 0 Å². The zero-order valence-electron chi connectivity index (χ0n) is 24.2. The molecule has 1 aromatic heterocycles. The van der Waals surface area contributed by atoms with Gasteiger partial charge in [-0.1, -0.05) is 12.1 Å². The number of nitrogens with zero attached hydrogens (tertiary/aromatic N) is 2. The summed E-state index contributed by atoms with van der Waals surface area (Å²) in [6.07, 6.45) is -4.69. The van der Waals surface area contributed by atoms with Crippen molar-refractivity contribution in [2.45, 2.75) is 51.1 Å². The summed E-state index contributed by atoms with van der Waals surface area (Å²) >= 11 is 0. The minimum atomic E-state index is -4.90. The molecule has 3 rings (SSSR count). The number of rotatable bonds is 15. The number of ether oxygens (including phenoxy) is 3. The van der Waals surface area contributed by atoms with Crippen molar-refractivity contribution in [3.63, 3.8) is 0 Å². The molecular weight excluding hydrogens is 591 g/mol. The van der Waals surface area contributed by atoms with Crippen molar-refractivity contribution < 1.29 is 45.4 Å². The molecule has 0 bridgehead atoms. The number of sulfonamides is 1. The number of hydrogen-bond donors (Lipinski definition) is 1. The topological polar surface area (TPSA) is 130 Å². The van der Waals surface area contributed by atoms with Crippen molar-refractivity contribution >= 4 is 21.7 Å². The van der Waals surface area contributed by atoms with Gasteiger partial charge in [0.05, 0.1) is 35.9 Å². The molecule has 14 heteroatoms. The maximum Gasteiger partial charge on any atom is 0.573 e. The molecule has 0 saturated heterocycles. The molecule has 43 heavy (non-hydrogen) atoms. The molecule has 0 fully saturated rings. The molecule has 1 amide bonds. The molecule has 1 heterocycles. The molecule has 2 N–H and O–H groups in total. The lowest BCUT2D eigenvalue weighted by molar-refractivity contribution is -0.274. The minimum Gasteiger partial charge on any atom is -0.497 e. The predicted molar refractivity (Wildman–Crippen MR) is 152 cm³/mol. The Balaban J connectivity index is 1.97. The first-order valence-electron chi connectivity index (χ1n) is 13.3. The van der Waals surface area contributed by atoms with Crippen molar-refractivity contribution in [2.75, 3.05) is 26.8 Å². The minimum absolute atomic E-state index is 0.0148. The number of ketones is 1. The summed E-state index contributed by atoms with van der Waals surface area (Å²) in [5.74, 6) is -1.49. The zero-order chi connectivity index (χ0) is 31.9. The van der Waals surface area contributed by atoms with Crippen LogP contribution in [0.3, 0.4) is 0 Å². The molecule has 0 atom stereocenters. The number of alkyl halides is 3. The van der Waals surface area contributed by atoms with E-state index >= 15 is 0 Å². The number of amides is 1. The highest BCUT2D eigenvalue weighted by Crippen LogP contribution is 2.26. The van der Waals surface area contributed by atoms with Gasteiger partial charge in [-0.2, -0.15) is 4.31 Å². The van der Waals surface area contributed by atoms with E-state index in [1.165, 1.54) is 61.1 Å². The highest BCUT2D eigenvalue weighted by atomic mass is 32.2. The van der Waals surface area contributed by atoms with Crippen LogP contribution in [-0.4, -0.2) is 68.3 Å². The Bertz CT molecular complexity index is 1540. The molecule has 0 aliphatic carbocycles. The molecule has 3 aromatic rings. The fourth-order valence-corrected chi connectivity index (χ4v) is 5.77. The van der Waals surface area contributed by atoms with Gasteiger partial charge >= 0.3 is 6.36 Å². The van der Waals surface area contributed by atoms with Crippen molar-refractivity contribution in [2.24, 2.45) is 5.73 Å². The third-order valence-electron chi connectivity index (χ3n) is 6.41. The zero-order valence-corrected chi connectivity index (χ0v) is 25.0. The molecule has 0 unspecified atom stereocenters. The monoisotopic (exact) mass is 625 g/mol. The maximum atomic E-state index is 13.7. The smallest absolute Gasteiger partial charge is 0.497 e. The molecule has 0 spiro atoms. The first-order chi connectivity index (χ1) is 20.1. The predicted octanol–water partition coefficient (Wildman–Crippen LogP) is 4.54. The molecule has 10 nitrogen and oxygen atoms in total. The highest BCUT2D eigenvalue weighted by Gasteiger charge is 2.32. The maximum absolute atomic E-state index is 13.7. The van der Waals surface area contributed by atoms with Gasteiger partial charge in [0.25, 0.3) is 5.91 Å². The van der Waals surface area contributed by atoms with E-state index in [4.69, 9.17) is 15.2 Å².